The number of unbranched alkanes of at least 4 members (excludes halogenated alkanes) is 2. The number of nitrogens with zero attached hydrogens (tertiary/aromatic N) is 1. The van der Waals surface area contributed by atoms with Gasteiger partial charge in [0.15, 0.2) is 5.78 Å². The molecule has 41 heavy (non-hydrogen) atoms. The van der Waals surface area contributed by atoms with Crippen molar-refractivity contribution < 1.29 is 14.3 Å². The number of carbonyl (C=O) groups excluding carboxylic acids is 2. The third-order valence-electron chi connectivity index (χ3n) is 9.11. The van der Waals surface area contributed by atoms with E-state index < -0.39 is 0 Å². The quantitative estimate of drug-likeness (QED) is 0.247. The molecule has 2 aliphatic rings. The lowest BCUT2D eigenvalue weighted by Crippen LogP contribution is -2.45. The van der Waals surface area contributed by atoms with Crippen LogP contribution in [0.4, 0.5) is 5.69 Å². The summed E-state index contributed by atoms with van der Waals surface area (Å²) in [6.45, 7) is 20.1. The van der Waals surface area contributed by atoms with Crippen molar-refractivity contribution in [2.24, 2.45) is 11.8 Å². The van der Waals surface area contributed by atoms with Crippen LogP contribution in [0.2, 0.25) is 0 Å². The van der Waals surface area contributed by atoms with Crippen molar-refractivity contribution in [2.75, 3.05) is 18.1 Å². The summed E-state index contributed by atoms with van der Waals surface area (Å²) in [5, 5.41) is 0. The van der Waals surface area contributed by atoms with Crippen LogP contribution in [0.1, 0.15) is 99.7 Å². The van der Waals surface area contributed by atoms with E-state index in [1.165, 1.54) is 5.56 Å². The zero-order valence-electron chi connectivity index (χ0n) is 25.7. The van der Waals surface area contributed by atoms with Crippen LogP contribution >= 0.6 is 0 Å². The monoisotopic (exact) mass is 553 g/mol. The van der Waals surface area contributed by atoms with Crippen LogP contribution in [0.5, 0.6) is 0 Å². The average molecular weight is 554 g/mol. The minimum Gasteiger partial charge on any atom is -0.369 e. The second kappa shape index (κ2) is 13.6. The minimum absolute atomic E-state index is 0.153. The summed E-state index contributed by atoms with van der Waals surface area (Å²) in [7, 11) is 0. The Morgan fingerprint density at radius 1 is 1.10 bits per heavy atom. The average Bonchev–Trinajstić information content (AvgIpc) is 2.97. The number of carbonyl (C=O) groups is 2. The van der Waals surface area contributed by atoms with Crippen LogP contribution in [-0.2, 0) is 16.0 Å². The summed E-state index contributed by atoms with van der Waals surface area (Å²) < 4.78 is 6.15. The predicted molar refractivity (Wildman–Crippen MR) is 170 cm³/mol. The van der Waals surface area contributed by atoms with Crippen LogP contribution < -0.4 is 4.90 Å². The molecule has 4 nitrogen and oxygen atoms in total. The first kappa shape index (κ1) is 30.7. The zero-order chi connectivity index (χ0) is 29.7. The van der Waals surface area contributed by atoms with Crippen molar-refractivity contribution in [1.29, 1.82) is 0 Å². The Morgan fingerprint density at radius 3 is 2.51 bits per heavy atom. The summed E-state index contributed by atoms with van der Waals surface area (Å²) in [4.78, 5) is 28.9. The van der Waals surface area contributed by atoms with E-state index in [4.69, 9.17) is 4.74 Å². The number of hydrogen-bond donors (Lipinski definition) is 0. The number of anilines is 1. The number of benzene rings is 2. The summed E-state index contributed by atoms with van der Waals surface area (Å²) in [5.41, 5.74) is 7.98. The Morgan fingerprint density at radius 2 is 1.83 bits per heavy atom. The van der Waals surface area contributed by atoms with Crippen LogP contribution in [0.25, 0.3) is 5.57 Å². The Balaban J connectivity index is 1.42. The fourth-order valence-electron chi connectivity index (χ4n) is 6.04. The predicted octanol–water partition coefficient (Wildman–Crippen LogP) is 8.72. The van der Waals surface area contributed by atoms with E-state index in [-0.39, 0.29) is 35.4 Å². The van der Waals surface area contributed by atoms with Gasteiger partial charge in [0.25, 0.3) is 0 Å². The van der Waals surface area contributed by atoms with Gasteiger partial charge in [-0.05, 0) is 72.4 Å². The maximum atomic E-state index is 13.5. The van der Waals surface area contributed by atoms with E-state index in [2.05, 4.69) is 81.3 Å². The number of morpholine rings is 1. The summed E-state index contributed by atoms with van der Waals surface area (Å²) in [6, 6.07) is 14.7. The normalized spacial score (nSPS) is 19.3. The molecule has 1 saturated heterocycles. The topological polar surface area (TPSA) is 46.6 Å². The molecule has 1 aliphatic carbocycles. The highest BCUT2D eigenvalue weighted by Crippen LogP contribution is 2.34. The Kier molecular flexibility index (Phi) is 10.2. The molecule has 0 saturated carbocycles. The van der Waals surface area contributed by atoms with Gasteiger partial charge < -0.3 is 9.64 Å². The summed E-state index contributed by atoms with van der Waals surface area (Å²) >= 11 is 0. The van der Waals surface area contributed by atoms with Gasteiger partial charge in [-0.3, -0.25) is 9.59 Å². The molecule has 1 heterocycles. The molecular formula is C37H47NO3. The zero-order valence-corrected chi connectivity index (χ0v) is 25.7. The number of rotatable bonds is 12. The van der Waals surface area contributed by atoms with E-state index in [1.807, 2.05) is 19.9 Å². The first-order valence-corrected chi connectivity index (χ1v) is 15.4. The van der Waals surface area contributed by atoms with E-state index in [1.54, 1.807) is 0 Å². The van der Waals surface area contributed by atoms with E-state index >= 15 is 0 Å². The number of allylic oxidation sites excluding steroid dienone is 3. The maximum absolute atomic E-state index is 13.5. The van der Waals surface area contributed by atoms with Crippen molar-refractivity contribution >= 4 is 22.8 Å². The highest BCUT2D eigenvalue weighted by molar-refractivity contribution is 6.11. The third-order valence-corrected chi connectivity index (χ3v) is 9.11. The molecular weight excluding hydrogens is 506 g/mol. The van der Waals surface area contributed by atoms with Crippen molar-refractivity contribution in [2.45, 2.75) is 85.2 Å². The number of hydrogen-bond acceptors (Lipinski definition) is 4. The smallest absolute Gasteiger partial charge is 0.189 e. The summed E-state index contributed by atoms with van der Waals surface area (Å²) in [6.07, 6.45) is 7.19. The molecule has 4 atom stereocenters. The van der Waals surface area contributed by atoms with Gasteiger partial charge in [-0.15, -0.1) is 0 Å². The first-order valence-electron chi connectivity index (χ1n) is 15.4. The van der Waals surface area contributed by atoms with Crippen LogP contribution in [0.3, 0.4) is 0 Å². The molecule has 4 heteroatoms. The maximum Gasteiger partial charge on any atom is 0.189 e. The van der Waals surface area contributed by atoms with Gasteiger partial charge in [0.2, 0.25) is 0 Å². The lowest BCUT2D eigenvalue weighted by molar-refractivity contribution is -0.127. The van der Waals surface area contributed by atoms with Crippen molar-refractivity contribution in [3.8, 4) is 0 Å². The van der Waals surface area contributed by atoms with Gasteiger partial charge in [0.05, 0.1) is 6.61 Å². The number of ketones is 2. The van der Waals surface area contributed by atoms with Gasteiger partial charge in [0.1, 0.15) is 11.9 Å². The molecule has 0 N–H and O–H groups in total. The molecule has 1 fully saturated rings. The molecule has 0 spiro atoms. The summed E-state index contributed by atoms with van der Waals surface area (Å²) in [5.74, 6) is 0.489. The van der Waals surface area contributed by atoms with Gasteiger partial charge in [-0.2, -0.15) is 0 Å². The Labute approximate surface area is 247 Å². The molecule has 0 aromatic heterocycles. The van der Waals surface area contributed by atoms with Gasteiger partial charge >= 0.3 is 0 Å². The van der Waals surface area contributed by atoms with E-state index in [0.29, 0.717) is 19.6 Å². The molecule has 2 aromatic carbocycles. The Hall–Kier alpha value is -3.24. The Bertz CT molecular complexity index is 1320. The van der Waals surface area contributed by atoms with Crippen molar-refractivity contribution in [3.05, 3.63) is 95.2 Å². The van der Waals surface area contributed by atoms with Crippen LogP contribution in [0.15, 0.2) is 73.0 Å². The highest BCUT2D eigenvalue weighted by Gasteiger charge is 2.35. The number of Topliss-reactive ketones (excluding diaryl/α,β-unsaturated/α-hetero) is 2. The van der Waals surface area contributed by atoms with Crippen LogP contribution in [-0.4, -0.2) is 30.8 Å². The lowest BCUT2D eigenvalue weighted by atomic mass is 9.82. The van der Waals surface area contributed by atoms with Gasteiger partial charge in [-0.25, -0.2) is 0 Å². The van der Waals surface area contributed by atoms with Crippen molar-refractivity contribution in [3.63, 3.8) is 0 Å². The van der Waals surface area contributed by atoms with E-state index in [0.717, 1.165) is 71.3 Å². The molecule has 2 aromatic rings. The number of fused-ring (bicyclic) bond motifs is 1. The lowest BCUT2D eigenvalue weighted by Gasteiger charge is -2.39. The fourth-order valence-corrected chi connectivity index (χ4v) is 6.04. The fraction of sp³-hybridized carbons (Fsp3) is 0.459. The van der Waals surface area contributed by atoms with Gasteiger partial charge in [0, 0.05) is 35.8 Å². The molecule has 4 rings (SSSR count). The van der Waals surface area contributed by atoms with E-state index in [9.17, 15) is 9.59 Å². The third kappa shape index (κ3) is 6.98. The number of ether oxygens (including phenoxy) is 1. The minimum atomic E-state index is -0.384. The second-order valence-corrected chi connectivity index (χ2v) is 12.1. The highest BCUT2D eigenvalue weighted by atomic mass is 16.5. The molecule has 0 amide bonds. The van der Waals surface area contributed by atoms with Gasteiger partial charge in [-0.1, -0.05) is 95.7 Å². The SMILES string of the molecule is C=C(C)c1ccc(C(C)C(C)CC(=O)C(C)C2OCCN(c3ccc4c(c3)C(=O)C(CCCCC)=CC4)C2=C)cc1. The standard InChI is InChI=1S/C37H47NO3/c1-8-9-10-11-32-17-16-31-18-19-33(23-34(31)36(32)40)38-20-21-41-37(28(38)7)27(6)35(39)22-25(4)26(5)30-14-12-29(13-15-30)24(2)3/h12-15,17-19,23,25-27,37H,2,7-11,16,20-22H2,1,3-6H3. The molecule has 0 radical (unpaired) electrons. The van der Waals surface area contributed by atoms with Crippen molar-refractivity contribution in [1.82, 2.24) is 0 Å². The largest absolute Gasteiger partial charge is 0.369 e. The molecule has 1 aliphatic heterocycles. The molecule has 0 bridgehead atoms. The second-order valence-electron chi connectivity index (χ2n) is 12.1. The van der Waals surface area contributed by atoms with Crippen LogP contribution in [0, 0.1) is 11.8 Å². The molecule has 4 unspecified atom stereocenters. The first-order chi connectivity index (χ1) is 19.6. The molecule has 218 valence electrons.